The van der Waals surface area contributed by atoms with Crippen molar-refractivity contribution in [3.8, 4) is 0 Å². The Morgan fingerprint density at radius 2 is 1.92 bits per heavy atom. The summed E-state index contributed by atoms with van der Waals surface area (Å²) in [4.78, 5) is 20.9. The number of hydrogen-bond donors (Lipinski definition) is 0. The van der Waals surface area contributed by atoms with Crippen LogP contribution in [0.25, 0.3) is 0 Å². The second-order valence-corrected chi connectivity index (χ2v) is 2.82. The van der Waals surface area contributed by atoms with E-state index in [0.717, 1.165) is 0 Å². The van der Waals surface area contributed by atoms with Crippen molar-refractivity contribution in [2.45, 2.75) is 0 Å². The fourth-order valence-corrected chi connectivity index (χ4v) is 1.20. The average Bonchev–Trinajstić information content (AvgIpc) is 2.04. The minimum Gasteiger partial charge on any atom is -0.412 e. The van der Waals surface area contributed by atoms with E-state index in [1.165, 1.54) is 0 Å². The second-order valence-electron chi connectivity index (χ2n) is 1.96. The van der Waals surface area contributed by atoms with Crippen molar-refractivity contribution in [1.82, 2.24) is 0 Å². The van der Waals surface area contributed by atoms with Crippen molar-refractivity contribution in [2.24, 2.45) is 0 Å². The van der Waals surface area contributed by atoms with Crippen LogP contribution in [-0.4, -0.2) is 17.5 Å². The highest BCUT2D eigenvalue weighted by Gasteiger charge is 2.05. The van der Waals surface area contributed by atoms with Gasteiger partial charge in [0, 0.05) is 10.0 Å². The van der Waals surface area contributed by atoms with Gasteiger partial charge in [-0.3, -0.25) is 9.59 Å². The molecular formula is C8H7BrO3. The lowest BCUT2D eigenvalue weighted by Crippen LogP contribution is -1.99. The molecule has 4 heteroatoms. The maximum atomic E-state index is 10.8. The number of benzene rings is 1. The normalized spacial score (nSPS) is 8.42. The van der Waals surface area contributed by atoms with Gasteiger partial charge in [0.05, 0.1) is 0 Å². The van der Waals surface area contributed by atoms with Crippen molar-refractivity contribution in [1.29, 1.82) is 0 Å². The number of ketones is 1. The minimum atomic E-state index is -0.502. The van der Waals surface area contributed by atoms with Gasteiger partial charge in [-0.15, -0.1) is 0 Å². The maximum absolute atomic E-state index is 10.8. The van der Waals surface area contributed by atoms with Crippen LogP contribution in [0.15, 0.2) is 28.7 Å². The van der Waals surface area contributed by atoms with Crippen LogP contribution in [0.5, 0.6) is 0 Å². The molecule has 3 nitrogen and oxygen atoms in total. The third-order valence-electron chi connectivity index (χ3n) is 1.25. The lowest BCUT2D eigenvalue weighted by atomic mass is 10.1. The van der Waals surface area contributed by atoms with E-state index in [1.807, 2.05) is 0 Å². The van der Waals surface area contributed by atoms with Gasteiger partial charge >= 0.3 is 0 Å². The minimum absolute atomic E-state index is 0. The van der Waals surface area contributed by atoms with Crippen molar-refractivity contribution in [2.75, 3.05) is 0 Å². The first-order valence-corrected chi connectivity index (χ1v) is 3.79. The molecule has 12 heavy (non-hydrogen) atoms. The number of Topliss-reactive ketones (excluding diaryl/α,β-unsaturated/α-hetero) is 1. The third kappa shape index (κ3) is 2.25. The molecule has 0 spiro atoms. The Kier molecular flexibility index (Phi) is 4.39. The summed E-state index contributed by atoms with van der Waals surface area (Å²) in [5.74, 6) is -0.502. The van der Waals surface area contributed by atoms with Gasteiger partial charge in [0.2, 0.25) is 5.78 Å². The van der Waals surface area contributed by atoms with Crippen LogP contribution >= 0.6 is 15.9 Å². The van der Waals surface area contributed by atoms with Gasteiger partial charge in [-0.1, -0.05) is 28.1 Å². The SMILES string of the molecule is O.O=CC(=O)c1ccccc1Br. The monoisotopic (exact) mass is 230 g/mol. The molecule has 2 N–H and O–H groups in total. The number of halogens is 1. The first-order valence-electron chi connectivity index (χ1n) is 2.99. The molecule has 0 saturated heterocycles. The van der Waals surface area contributed by atoms with E-state index in [1.54, 1.807) is 24.3 Å². The molecule has 64 valence electrons. The molecule has 1 rings (SSSR count). The lowest BCUT2D eigenvalue weighted by molar-refractivity contribution is -0.104. The van der Waals surface area contributed by atoms with Crippen LogP contribution in [-0.2, 0) is 4.79 Å². The second kappa shape index (κ2) is 4.79. The Balaban J connectivity index is 0.00000121. The fourth-order valence-electron chi connectivity index (χ4n) is 0.725. The van der Waals surface area contributed by atoms with Crippen LogP contribution in [0, 0.1) is 0 Å². The summed E-state index contributed by atoms with van der Waals surface area (Å²) in [5, 5.41) is 0. The molecule has 1 aromatic carbocycles. The van der Waals surface area contributed by atoms with Gasteiger partial charge in [-0.2, -0.15) is 0 Å². The molecule has 0 aromatic heterocycles. The number of carbonyl (C=O) groups is 2. The molecule has 0 atom stereocenters. The Morgan fingerprint density at radius 3 is 2.42 bits per heavy atom. The zero-order valence-corrected chi connectivity index (χ0v) is 7.67. The summed E-state index contributed by atoms with van der Waals surface area (Å²) in [5.41, 5.74) is 0.405. The van der Waals surface area contributed by atoms with Gasteiger partial charge in [0.15, 0.2) is 6.29 Å². The Hall–Kier alpha value is -1.000. The molecule has 0 saturated carbocycles. The molecule has 0 bridgehead atoms. The summed E-state index contributed by atoms with van der Waals surface area (Å²) in [6.45, 7) is 0. The highest BCUT2D eigenvalue weighted by atomic mass is 79.9. The van der Waals surface area contributed by atoms with Crippen LogP contribution in [0.1, 0.15) is 10.4 Å². The molecule has 1 aromatic rings. The third-order valence-corrected chi connectivity index (χ3v) is 1.94. The molecule has 0 aliphatic carbocycles. The highest BCUT2D eigenvalue weighted by Crippen LogP contribution is 2.15. The van der Waals surface area contributed by atoms with Crippen molar-refractivity contribution in [3.63, 3.8) is 0 Å². The first kappa shape index (κ1) is 11.0. The quantitative estimate of drug-likeness (QED) is 0.433. The molecule has 0 heterocycles. The summed E-state index contributed by atoms with van der Waals surface area (Å²) < 4.78 is 0.650. The van der Waals surface area contributed by atoms with E-state index < -0.39 is 5.78 Å². The Bertz CT molecular complexity index is 296. The molecule has 0 unspecified atom stereocenters. The van der Waals surface area contributed by atoms with E-state index in [0.29, 0.717) is 16.3 Å². The van der Waals surface area contributed by atoms with Crippen molar-refractivity contribution in [3.05, 3.63) is 34.3 Å². The molecule has 0 aliphatic rings. The van der Waals surface area contributed by atoms with Crippen molar-refractivity contribution < 1.29 is 15.1 Å². The molecule has 0 aliphatic heterocycles. The van der Waals surface area contributed by atoms with Crippen LogP contribution < -0.4 is 0 Å². The Labute approximate surface area is 77.8 Å². The van der Waals surface area contributed by atoms with Crippen LogP contribution in [0.4, 0.5) is 0 Å². The summed E-state index contributed by atoms with van der Waals surface area (Å²) >= 11 is 3.16. The maximum Gasteiger partial charge on any atom is 0.226 e. The van der Waals surface area contributed by atoms with Gasteiger partial charge < -0.3 is 5.48 Å². The zero-order chi connectivity index (χ0) is 8.27. The topological polar surface area (TPSA) is 65.6 Å². The van der Waals surface area contributed by atoms with E-state index in [4.69, 9.17) is 0 Å². The van der Waals surface area contributed by atoms with Crippen LogP contribution in [0.2, 0.25) is 0 Å². The van der Waals surface area contributed by atoms with Crippen molar-refractivity contribution >= 4 is 28.0 Å². The van der Waals surface area contributed by atoms with E-state index >= 15 is 0 Å². The van der Waals surface area contributed by atoms with Crippen LogP contribution in [0.3, 0.4) is 0 Å². The largest absolute Gasteiger partial charge is 0.412 e. The Morgan fingerprint density at radius 1 is 1.33 bits per heavy atom. The smallest absolute Gasteiger partial charge is 0.226 e. The van der Waals surface area contributed by atoms with E-state index in [-0.39, 0.29) is 5.48 Å². The number of carbonyl (C=O) groups excluding carboxylic acids is 2. The van der Waals surface area contributed by atoms with E-state index in [2.05, 4.69) is 15.9 Å². The van der Waals surface area contributed by atoms with Gasteiger partial charge in [-0.05, 0) is 12.1 Å². The van der Waals surface area contributed by atoms with Gasteiger partial charge in [0.25, 0.3) is 0 Å². The number of aldehydes is 1. The first-order chi connectivity index (χ1) is 5.25. The molecule has 0 amide bonds. The number of hydrogen-bond acceptors (Lipinski definition) is 2. The lowest BCUT2D eigenvalue weighted by Gasteiger charge is -1.95. The summed E-state index contributed by atoms with van der Waals surface area (Å²) in [6.07, 6.45) is 0.306. The molecule has 0 fully saturated rings. The summed E-state index contributed by atoms with van der Waals surface area (Å²) in [6, 6.07) is 6.81. The predicted molar refractivity (Wildman–Crippen MR) is 48.2 cm³/mol. The van der Waals surface area contributed by atoms with E-state index in [9.17, 15) is 9.59 Å². The molecular weight excluding hydrogens is 224 g/mol. The average molecular weight is 231 g/mol. The summed E-state index contributed by atoms with van der Waals surface area (Å²) in [7, 11) is 0. The number of rotatable bonds is 2. The van der Waals surface area contributed by atoms with Gasteiger partial charge in [-0.25, -0.2) is 0 Å². The zero-order valence-electron chi connectivity index (χ0n) is 6.08. The predicted octanol–water partition coefficient (Wildman–Crippen LogP) is 1.01. The molecule has 0 radical (unpaired) electrons. The standard InChI is InChI=1S/C8H5BrO2.H2O/c9-7-4-2-1-3-6(7)8(11)5-10;/h1-5H;1H2. The highest BCUT2D eigenvalue weighted by molar-refractivity contribution is 9.10. The van der Waals surface area contributed by atoms with Gasteiger partial charge in [0.1, 0.15) is 0 Å². The fraction of sp³-hybridized carbons (Fsp3) is 0.